The standard InChI is InChI=1S/C14H20N4O4/c15-11-5-2-1-4-10(11)14(22)18(16)9-7-12(19)17-8-3-6-13(20)21/h1-2,4-5H,3,6-9,15-16H2,(H,17,19)(H,20,21). The number of anilines is 1. The lowest BCUT2D eigenvalue weighted by Crippen LogP contribution is -2.40. The van der Waals surface area contributed by atoms with Crippen molar-refractivity contribution in [2.45, 2.75) is 19.3 Å². The zero-order valence-electron chi connectivity index (χ0n) is 12.1. The van der Waals surface area contributed by atoms with Crippen molar-refractivity contribution in [3.8, 4) is 0 Å². The highest BCUT2D eigenvalue weighted by molar-refractivity contribution is 5.98. The summed E-state index contributed by atoms with van der Waals surface area (Å²) in [5, 5.41) is 12.0. The molecule has 2 amide bonds. The average molecular weight is 308 g/mol. The lowest BCUT2D eigenvalue weighted by atomic mass is 10.1. The van der Waals surface area contributed by atoms with Gasteiger partial charge in [-0.1, -0.05) is 12.1 Å². The molecular formula is C14H20N4O4. The van der Waals surface area contributed by atoms with Crippen molar-refractivity contribution < 1.29 is 19.5 Å². The van der Waals surface area contributed by atoms with Crippen molar-refractivity contribution in [3.63, 3.8) is 0 Å². The maximum absolute atomic E-state index is 12.0. The highest BCUT2D eigenvalue weighted by Gasteiger charge is 2.15. The average Bonchev–Trinajstić information content (AvgIpc) is 2.48. The van der Waals surface area contributed by atoms with Crippen LogP contribution in [0.1, 0.15) is 29.6 Å². The first-order valence-electron chi connectivity index (χ1n) is 6.81. The number of carbonyl (C=O) groups excluding carboxylic acids is 2. The van der Waals surface area contributed by atoms with Gasteiger partial charge in [-0.25, -0.2) is 5.84 Å². The van der Waals surface area contributed by atoms with E-state index in [4.69, 9.17) is 16.7 Å². The molecule has 8 nitrogen and oxygen atoms in total. The predicted molar refractivity (Wildman–Crippen MR) is 80.6 cm³/mol. The van der Waals surface area contributed by atoms with Gasteiger partial charge < -0.3 is 16.2 Å². The summed E-state index contributed by atoms with van der Waals surface area (Å²) in [5.74, 6) is 3.96. The van der Waals surface area contributed by atoms with E-state index >= 15 is 0 Å². The first-order valence-corrected chi connectivity index (χ1v) is 6.81. The Morgan fingerprint density at radius 3 is 2.50 bits per heavy atom. The summed E-state index contributed by atoms with van der Waals surface area (Å²) in [7, 11) is 0. The molecule has 0 radical (unpaired) electrons. The van der Waals surface area contributed by atoms with Gasteiger partial charge in [0, 0.05) is 31.6 Å². The molecule has 8 heteroatoms. The number of rotatable bonds is 8. The Hall–Kier alpha value is -2.61. The first kappa shape index (κ1) is 17.4. The van der Waals surface area contributed by atoms with Crippen molar-refractivity contribution in [1.82, 2.24) is 10.3 Å². The van der Waals surface area contributed by atoms with E-state index in [0.717, 1.165) is 5.01 Å². The Kier molecular flexibility index (Phi) is 6.84. The van der Waals surface area contributed by atoms with Crippen LogP contribution in [0.2, 0.25) is 0 Å². The number of carboxylic acid groups (broad SMARTS) is 1. The second kappa shape index (κ2) is 8.63. The highest BCUT2D eigenvalue weighted by atomic mass is 16.4. The Balaban J connectivity index is 2.34. The Bertz CT molecular complexity index is 547. The number of hydrogen-bond acceptors (Lipinski definition) is 5. The Labute approximate surface area is 128 Å². The molecule has 0 atom stereocenters. The summed E-state index contributed by atoms with van der Waals surface area (Å²) < 4.78 is 0. The van der Waals surface area contributed by atoms with Gasteiger partial charge in [-0.3, -0.25) is 19.4 Å². The molecule has 22 heavy (non-hydrogen) atoms. The van der Waals surface area contributed by atoms with Gasteiger partial charge in [-0.15, -0.1) is 0 Å². The molecule has 0 bridgehead atoms. The summed E-state index contributed by atoms with van der Waals surface area (Å²) in [4.78, 5) is 33.9. The van der Waals surface area contributed by atoms with E-state index in [0.29, 0.717) is 12.1 Å². The van der Waals surface area contributed by atoms with Crippen LogP contribution in [0.3, 0.4) is 0 Å². The summed E-state index contributed by atoms with van der Waals surface area (Å²) in [6.45, 7) is 0.313. The molecule has 0 aliphatic carbocycles. The van der Waals surface area contributed by atoms with Crippen LogP contribution >= 0.6 is 0 Å². The third kappa shape index (κ3) is 5.80. The number of nitrogens with two attached hydrogens (primary N) is 2. The molecule has 0 heterocycles. The number of para-hydroxylation sites is 1. The van der Waals surface area contributed by atoms with Gasteiger partial charge in [0.15, 0.2) is 0 Å². The SMILES string of the molecule is Nc1ccccc1C(=O)N(N)CCC(=O)NCCCC(=O)O. The Morgan fingerprint density at radius 2 is 1.86 bits per heavy atom. The zero-order chi connectivity index (χ0) is 16.5. The molecule has 120 valence electrons. The fourth-order valence-electron chi connectivity index (χ4n) is 1.73. The van der Waals surface area contributed by atoms with Gasteiger partial charge in [0.25, 0.3) is 5.91 Å². The normalized spacial score (nSPS) is 10.0. The number of amides is 2. The summed E-state index contributed by atoms with van der Waals surface area (Å²) in [6, 6.07) is 6.53. The van der Waals surface area contributed by atoms with Crippen molar-refractivity contribution in [1.29, 1.82) is 0 Å². The third-order valence-electron chi connectivity index (χ3n) is 2.92. The molecule has 1 aromatic carbocycles. The third-order valence-corrected chi connectivity index (χ3v) is 2.92. The topological polar surface area (TPSA) is 139 Å². The number of hydrazine groups is 1. The fourth-order valence-corrected chi connectivity index (χ4v) is 1.73. The lowest BCUT2D eigenvalue weighted by molar-refractivity contribution is -0.137. The number of nitrogens with zero attached hydrogens (tertiary/aromatic N) is 1. The van der Waals surface area contributed by atoms with Crippen LogP contribution in [-0.2, 0) is 9.59 Å². The molecule has 1 rings (SSSR count). The Morgan fingerprint density at radius 1 is 1.18 bits per heavy atom. The van der Waals surface area contributed by atoms with Crippen molar-refractivity contribution in [2.75, 3.05) is 18.8 Å². The molecular weight excluding hydrogens is 288 g/mol. The maximum atomic E-state index is 12.0. The van der Waals surface area contributed by atoms with Crippen LogP contribution in [-0.4, -0.2) is 41.0 Å². The largest absolute Gasteiger partial charge is 0.481 e. The van der Waals surface area contributed by atoms with E-state index in [9.17, 15) is 14.4 Å². The van der Waals surface area contributed by atoms with Gasteiger partial charge in [0.05, 0.1) is 5.56 Å². The fraction of sp³-hybridized carbons (Fsp3) is 0.357. The number of nitrogens with one attached hydrogen (secondary N) is 1. The number of carboxylic acids is 1. The summed E-state index contributed by atoms with van der Waals surface area (Å²) in [5.41, 5.74) is 6.29. The molecule has 0 saturated carbocycles. The minimum atomic E-state index is -0.909. The summed E-state index contributed by atoms with van der Waals surface area (Å²) >= 11 is 0. The predicted octanol–water partition coefficient (Wildman–Crippen LogP) is -0.0442. The van der Waals surface area contributed by atoms with E-state index in [-0.39, 0.29) is 37.4 Å². The number of aliphatic carboxylic acids is 1. The van der Waals surface area contributed by atoms with Crippen LogP contribution in [0, 0.1) is 0 Å². The van der Waals surface area contributed by atoms with E-state index in [1.54, 1.807) is 24.3 Å². The van der Waals surface area contributed by atoms with Gasteiger partial charge >= 0.3 is 5.97 Å². The smallest absolute Gasteiger partial charge is 0.303 e. The molecule has 0 spiro atoms. The van der Waals surface area contributed by atoms with Gasteiger partial charge in [-0.05, 0) is 18.6 Å². The molecule has 0 saturated heterocycles. The van der Waals surface area contributed by atoms with Crippen LogP contribution in [0.25, 0.3) is 0 Å². The van der Waals surface area contributed by atoms with E-state index < -0.39 is 11.9 Å². The van der Waals surface area contributed by atoms with E-state index in [1.807, 2.05) is 0 Å². The van der Waals surface area contributed by atoms with Crippen LogP contribution in [0.15, 0.2) is 24.3 Å². The number of nitrogen functional groups attached to an aromatic ring is 1. The molecule has 1 aromatic rings. The molecule has 0 aliphatic heterocycles. The first-order chi connectivity index (χ1) is 10.4. The second-order valence-electron chi connectivity index (χ2n) is 4.68. The minimum absolute atomic E-state index is 0.00490. The number of benzene rings is 1. The van der Waals surface area contributed by atoms with Gasteiger partial charge in [0.2, 0.25) is 5.91 Å². The molecule has 0 unspecified atom stereocenters. The number of carbonyl (C=O) groups is 3. The highest BCUT2D eigenvalue weighted by Crippen LogP contribution is 2.12. The van der Waals surface area contributed by atoms with E-state index in [1.165, 1.54) is 0 Å². The van der Waals surface area contributed by atoms with Crippen molar-refractivity contribution in [2.24, 2.45) is 5.84 Å². The zero-order valence-corrected chi connectivity index (χ0v) is 12.1. The summed E-state index contributed by atoms with van der Waals surface area (Å²) in [6.07, 6.45) is 0.379. The molecule has 0 aromatic heterocycles. The van der Waals surface area contributed by atoms with Crippen molar-refractivity contribution in [3.05, 3.63) is 29.8 Å². The lowest BCUT2D eigenvalue weighted by Gasteiger charge is -2.17. The van der Waals surface area contributed by atoms with Gasteiger partial charge in [-0.2, -0.15) is 0 Å². The quantitative estimate of drug-likeness (QED) is 0.175. The van der Waals surface area contributed by atoms with Crippen molar-refractivity contribution >= 4 is 23.5 Å². The minimum Gasteiger partial charge on any atom is -0.481 e. The molecule has 0 fully saturated rings. The maximum Gasteiger partial charge on any atom is 0.303 e. The van der Waals surface area contributed by atoms with E-state index in [2.05, 4.69) is 5.32 Å². The van der Waals surface area contributed by atoms with Crippen LogP contribution in [0.5, 0.6) is 0 Å². The monoisotopic (exact) mass is 308 g/mol. The second-order valence-corrected chi connectivity index (χ2v) is 4.68. The number of hydrogen-bond donors (Lipinski definition) is 4. The van der Waals surface area contributed by atoms with Crippen LogP contribution < -0.4 is 16.9 Å². The van der Waals surface area contributed by atoms with Crippen LogP contribution in [0.4, 0.5) is 5.69 Å². The molecule has 6 N–H and O–H groups in total. The molecule has 0 aliphatic rings. The van der Waals surface area contributed by atoms with Gasteiger partial charge in [0.1, 0.15) is 0 Å².